The third-order valence-electron chi connectivity index (χ3n) is 5.62. The van der Waals surface area contributed by atoms with Gasteiger partial charge in [0.2, 0.25) is 0 Å². The standard InChI is InChI=1S/C19H27BFNO4/c1-18(2)19(3,4)26-20(25-18)15-10-9-13(11-16(15)21)12-24-17(23)22-14-7-5-6-8-14/h9-11,14H,5-8,12H2,1-4H3,(H,22,23). The molecule has 2 aliphatic rings. The van der Waals surface area contributed by atoms with Gasteiger partial charge in [-0.3, -0.25) is 0 Å². The molecule has 5 nitrogen and oxygen atoms in total. The van der Waals surface area contributed by atoms with Crippen LogP contribution in [-0.4, -0.2) is 30.5 Å². The normalized spacial score (nSPS) is 21.8. The number of nitrogens with one attached hydrogen (secondary N) is 1. The lowest BCUT2D eigenvalue weighted by Gasteiger charge is -2.32. The molecule has 1 aliphatic heterocycles. The van der Waals surface area contributed by atoms with E-state index in [0.717, 1.165) is 25.7 Å². The van der Waals surface area contributed by atoms with Gasteiger partial charge >= 0.3 is 13.2 Å². The summed E-state index contributed by atoms with van der Waals surface area (Å²) in [6.07, 6.45) is 3.80. The topological polar surface area (TPSA) is 56.8 Å². The molecular weight excluding hydrogens is 336 g/mol. The lowest BCUT2D eigenvalue weighted by Crippen LogP contribution is -2.41. The number of carbonyl (C=O) groups excluding carboxylic acids is 1. The second-order valence-electron chi connectivity index (χ2n) is 8.15. The molecule has 1 saturated heterocycles. The summed E-state index contributed by atoms with van der Waals surface area (Å²) in [6.45, 7) is 7.73. The Hall–Kier alpha value is -1.60. The van der Waals surface area contributed by atoms with Crippen molar-refractivity contribution >= 4 is 18.7 Å². The first kappa shape index (κ1) is 19.2. The molecule has 0 radical (unpaired) electrons. The average molecular weight is 363 g/mol. The third kappa shape index (κ3) is 4.04. The van der Waals surface area contributed by atoms with E-state index in [2.05, 4.69) is 5.32 Å². The summed E-state index contributed by atoms with van der Waals surface area (Å²) in [5, 5.41) is 2.84. The van der Waals surface area contributed by atoms with Crippen LogP contribution in [0.3, 0.4) is 0 Å². The molecule has 2 fully saturated rings. The van der Waals surface area contributed by atoms with Crippen LogP contribution in [0.1, 0.15) is 58.9 Å². The Balaban J connectivity index is 1.58. The Kier molecular flexibility index (Phi) is 5.31. The summed E-state index contributed by atoms with van der Waals surface area (Å²) in [5.74, 6) is -0.430. The molecule has 1 heterocycles. The summed E-state index contributed by atoms with van der Waals surface area (Å²) >= 11 is 0. The summed E-state index contributed by atoms with van der Waals surface area (Å²) < 4.78 is 31.5. The lowest BCUT2D eigenvalue weighted by molar-refractivity contribution is 0.00578. The summed E-state index contributed by atoms with van der Waals surface area (Å²) in [5.41, 5.74) is -0.110. The Morgan fingerprint density at radius 2 is 1.85 bits per heavy atom. The first-order valence-electron chi connectivity index (χ1n) is 9.25. The van der Waals surface area contributed by atoms with Gasteiger partial charge in [0.25, 0.3) is 0 Å². The van der Waals surface area contributed by atoms with Gasteiger partial charge in [-0.05, 0) is 52.2 Å². The molecule has 0 aromatic heterocycles. The highest BCUT2D eigenvalue weighted by Gasteiger charge is 2.52. The first-order chi connectivity index (χ1) is 12.2. The summed E-state index contributed by atoms with van der Waals surface area (Å²) in [6, 6.07) is 4.92. The van der Waals surface area contributed by atoms with Crippen molar-refractivity contribution in [3.8, 4) is 0 Å². The zero-order valence-corrected chi connectivity index (χ0v) is 15.9. The highest BCUT2D eigenvalue weighted by atomic mass is 19.1. The third-order valence-corrected chi connectivity index (χ3v) is 5.62. The lowest BCUT2D eigenvalue weighted by atomic mass is 9.78. The smallest absolute Gasteiger partial charge is 0.445 e. The van der Waals surface area contributed by atoms with Gasteiger partial charge in [0.1, 0.15) is 12.4 Å². The number of halogens is 1. The fourth-order valence-electron chi connectivity index (χ4n) is 3.25. The van der Waals surface area contributed by atoms with Crippen molar-refractivity contribution < 1.29 is 23.2 Å². The Morgan fingerprint density at radius 3 is 2.42 bits per heavy atom. The Bertz CT molecular complexity index is 658. The predicted octanol–water partition coefficient (Wildman–Crippen LogP) is 3.29. The molecule has 0 unspecified atom stereocenters. The van der Waals surface area contributed by atoms with E-state index in [1.165, 1.54) is 6.07 Å². The number of rotatable bonds is 4. The molecule has 142 valence electrons. The predicted molar refractivity (Wildman–Crippen MR) is 97.7 cm³/mol. The largest absolute Gasteiger partial charge is 0.497 e. The first-order valence-corrected chi connectivity index (χ1v) is 9.25. The number of ether oxygens (including phenoxy) is 1. The van der Waals surface area contributed by atoms with Crippen molar-refractivity contribution in [3.63, 3.8) is 0 Å². The fourth-order valence-corrected chi connectivity index (χ4v) is 3.25. The van der Waals surface area contributed by atoms with Crippen LogP contribution < -0.4 is 10.8 Å². The maximum absolute atomic E-state index is 14.5. The quantitative estimate of drug-likeness (QED) is 0.834. The number of amides is 1. The summed E-state index contributed by atoms with van der Waals surface area (Å²) in [4.78, 5) is 11.8. The maximum atomic E-state index is 14.5. The van der Waals surface area contributed by atoms with E-state index in [4.69, 9.17) is 14.0 Å². The van der Waals surface area contributed by atoms with E-state index < -0.39 is 30.2 Å². The van der Waals surface area contributed by atoms with Crippen LogP contribution in [0.2, 0.25) is 0 Å². The Labute approximate surface area is 154 Å². The minimum Gasteiger partial charge on any atom is -0.445 e. The van der Waals surface area contributed by atoms with Crippen molar-refractivity contribution in [2.75, 3.05) is 0 Å². The molecular formula is C19H27BFNO4. The molecule has 0 atom stereocenters. The molecule has 1 aromatic carbocycles. The van der Waals surface area contributed by atoms with Crippen LogP contribution in [-0.2, 0) is 20.7 Å². The van der Waals surface area contributed by atoms with E-state index in [-0.39, 0.29) is 12.6 Å². The van der Waals surface area contributed by atoms with E-state index in [1.54, 1.807) is 12.1 Å². The zero-order chi connectivity index (χ0) is 18.9. The van der Waals surface area contributed by atoms with Gasteiger partial charge < -0.3 is 19.4 Å². The van der Waals surface area contributed by atoms with E-state index in [1.807, 2.05) is 27.7 Å². The van der Waals surface area contributed by atoms with Crippen molar-refractivity contribution in [1.82, 2.24) is 5.32 Å². The van der Waals surface area contributed by atoms with Gasteiger partial charge in [-0.2, -0.15) is 0 Å². The molecule has 26 heavy (non-hydrogen) atoms. The van der Waals surface area contributed by atoms with Gasteiger partial charge in [0.05, 0.1) is 11.2 Å². The molecule has 0 spiro atoms. The molecule has 1 saturated carbocycles. The maximum Gasteiger partial charge on any atom is 0.497 e. The van der Waals surface area contributed by atoms with Crippen LogP contribution in [0.4, 0.5) is 9.18 Å². The number of alkyl carbamates (subject to hydrolysis) is 1. The number of hydrogen-bond acceptors (Lipinski definition) is 4. The van der Waals surface area contributed by atoms with E-state index >= 15 is 0 Å². The van der Waals surface area contributed by atoms with E-state index in [9.17, 15) is 9.18 Å². The van der Waals surface area contributed by atoms with Crippen LogP contribution in [0, 0.1) is 5.82 Å². The molecule has 1 aliphatic carbocycles. The van der Waals surface area contributed by atoms with Crippen LogP contribution in [0.25, 0.3) is 0 Å². The molecule has 1 aromatic rings. The van der Waals surface area contributed by atoms with Gasteiger partial charge in [-0.1, -0.05) is 25.0 Å². The SMILES string of the molecule is CC1(C)OB(c2ccc(COC(=O)NC3CCCC3)cc2F)OC1(C)C. The van der Waals surface area contributed by atoms with Gasteiger partial charge in [-0.15, -0.1) is 0 Å². The molecule has 1 N–H and O–H groups in total. The average Bonchev–Trinajstić information content (AvgIpc) is 3.11. The van der Waals surface area contributed by atoms with Crippen molar-refractivity contribution in [1.29, 1.82) is 0 Å². The molecule has 7 heteroatoms. The number of carbonyl (C=O) groups is 1. The molecule has 0 bridgehead atoms. The second-order valence-corrected chi connectivity index (χ2v) is 8.15. The van der Waals surface area contributed by atoms with Gasteiger partial charge in [-0.25, -0.2) is 9.18 Å². The molecule has 3 rings (SSSR count). The minimum atomic E-state index is -0.749. The zero-order valence-electron chi connectivity index (χ0n) is 15.9. The van der Waals surface area contributed by atoms with Gasteiger partial charge in [0.15, 0.2) is 0 Å². The highest BCUT2D eigenvalue weighted by molar-refractivity contribution is 6.62. The van der Waals surface area contributed by atoms with Crippen LogP contribution in [0.5, 0.6) is 0 Å². The molecule has 1 amide bonds. The van der Waals surface area contributed by atoms with Crippen LogP contribution >= 0.6 is 0 Å². The number of hydrogen-bond donors (Lipinski definition) is 1. The second kappa shape index (κ2) is 7.20. The Morgan fingerprint density at radius 1 is 1.23 bits per heavy atom. The summed E-state index contributed by atoms with van der Waals surface area (Å²) in [7, 11) is -0.749. The van der Waals surface area contributed by atoms with Crippen molar-refractivity contribution in [2.24, 2.45) is 0 Å². The minimum absolute atomic E-state index is 0.0269. The fraction of sp³-hybridized carbons (Fsp3) is 0.632. The number of benzene rings is 1. The van der Waals surface area contributed by atoms with Crippen molar-refractivity contribution in [3.05, 3.63) is 29.6 Å². The van der Waals surface area contributed by atoms with Gasteiger partial charge in [0, 0.05) is 11.5 Å². The van der Waals surface area contributed by atoms with Crippen LogP contribution in [0.15, 0.2) is 18.2 Å². The highest BCUT2D eigenvalue weighted by Crippen LogP contribution is 2.36. The van der Waals surface area contributed by atoms with E-state index in [0.29, 0.717) is 11.0 Å². The van der Waals surface area contributed by atoms with Crippen molar-refractivity contribution in [2.45, 2.75) is 77.2 Å². The monoisotopic (exact) mass is 363 g/mol.